The summed E-state index contributed by atoms with van der Waals surface area (Å²) in [7, 11) is 0. The zero-order valence-corrected chi connectivity index (χ0v) is 16.2. The van der Waals surface area contributed by atoms with Crippen LogP contribution >= 0.6 is 11.3 Å². The maximum Gasteiger partial charge on any atom is 0.191 e. The first-order chi connectivity index (χ1) is 12.4. The molecule has 1 unspecified atom stereocenters. The standard InChI is InChI=1S/C19H32N4OS/c1-2-20-19(22-16-7-4-3-5-8-16)21-15-17(18-9-6-14-25-18)23-10-12-24-13-11-23/h6,9,14,16-17H,2-5,7-8,10-13,15H2,1H3,(H2,20,21,22). The van der Waals surface area contributed by atoms with Gasteiger partial charge in [-0.1, -0.05) is 25.3 Å². The monoisotopic (exact) mass is 364 g/mol. The third kappa shape index (κ3) is 5.69. The summed E-state index contributed by atoms with van der Waals surface area (Å²) in [5.41, 5.74) is 0. The summed E-state index contributed by atoms with van der Waals surface area (Å²) in [5.74, 6) is 0.976. The maximum atomic E-state index is 5.53. The largest absolute Gasteiger partial charge is 0.379 e. The summed E-state index contributed by atoms with van der Waals surface area (Å²) in [6.07, 6.45) is 6.58. The fraction of sp³-hybridized carbons (Fsp3) is 0.737. The summed E-state index contributed by atoms with van der Waals surface area (Å²) in [4.78, 5) is 8.88. The molecule has 2 aliphatic rings. The SMILES string of the molecule is CCNC(=NCC(c1cccs1)N1CCOCC1)NC1CCCCC1. The summed E-state index contributed by atoms with van der Waals surface area (Å²) >= 11 is 1.83. The molecular weight excluding hydrogens is 332 g/mol. The zero-order chi connectivity index (χ0) is 17.3. The highest BCUT2D eigenvalue weighted by atomic mass is 32.1. The third-order valence-corrected chi connectivity index (χ3v) is 6.04. The van der Waals surface area contributed by atoms with E-state index in [0.717, 1.165) is 45.4 Å². The van der Waals surface area contributed by atoms with Crippen molar-refractivity contribution in [1.29, 1.82) is 0 Å². The van der Waals surface area contributed by atoms with E-state index in [9.17, 15) is 0 Å². The molecule has 1 aliphatic carbocycles. The normalized spacial score (nSPS) is 21.9. The molecule has 2 N–H and O–H groups in total. The van der Waals surface area contributed by atoms with Gasteiger partial charge in [-0.2, -0.15) is 0 Å². The molecule has 0 aromatic carbocycles. The first kappa shape index (κ1) is 18.7. The first-order valence-corrected chi connectivity index (χ1v) is 10.6. The molecule has 1 atom stereocenters. The molecule has 0 radical (unpaired) electrons. The van der Waals surface area contributed by atoms with Gasteiger partial charge in [0.25, 0.3) is 0 Å². The van der Waals surface area contributed by atoms with Crippen molar-refractivity contribution >= 4 is 17.3 Å². The predicted molar refractivity (Wildman–Crippen MR) is 105 cm³/mol. The first-order valence-electron chi connectivity index (χ1n) is 9.77. The molecule has 140 valence electrons. The number of hydrogen-bond acceptors (Lipinski definition) is 4. The topological polar surface area (TPSA) is 48.9 Å². The van der Waals surface area contributed by atoms with Crippen LogP contribution < -0.4 is 10.6 Å². The van der Waals surface area contributed by atoms with Gasteiger partial charge in [0.05, 0.1) is 25.8 Å². The summed E-state index contributed by atoms with van der Waals surface area (Å²) in [5, 5.41) is 9.26. The summed E-state index contributed by atoms with van der Waals surface area (Å²) in [6.45, 7) is 7.46. The Balaban J connectivity index is 1.66. The lowest BCUT2D eigenvalue weighted by atomic mass is 9.96. The lowest BCUT2D eigenvalue weighted by molar-refractivity contribution is 0.0186. The van der Waals surface area contributed by atoms with Crippen LogP contribution in [0.25, 0.3) is 0 Å². The van der Waals surface area contributed by atoms with Crippen LogP contribution in [0.5, 0.6) is 0 Å². The Morgan fingerprint density at radius 1 is 1.32 bits per heavy atom. The fourth-order valence-electron chi connectivity index (χ4n) is 3.69. The van der Waals surface area contributed by atoms with E-state index in [1.165, 1.54) is 37.0 Å². The molecule has 3 rings (SSSR count). The van der Waals surface area contributed by atoms with Gasteiger partial charge in [0.1, 0.15) is 0 Å². The van der Waals surface area contributed by atoms with Gasteiger partial charge < -0.3 is 15.4 Å². The summed E-state index contributed by atoms with van der Waals surface area (Å²) in [6, 6.07) is 5.31. The fourth-order valence-corrected chi connectivity index (χ4v) is 4.55. The minimum Gasteiger partial charge on any atom is -0.379 e. The molecule has 2 fully saturated rings. The molecule has 1 saturated heterocycles. The van der Waals surface area contributed by atoms with Gasteiger partial charge in [0.15, 0.2) is 5.96 Å². The van der Waals surface area contributed by atoms with Crippen LogP contribution in [0.2, 0.25) is 0 Å². The molecule has 1 aliphatic heterocycles. The van der Waals surface area contributed by atoms with Gasteiger partial charge in [-0.05, 0) is 31.2 Å². The number of nitrogens with one attached hydrogen (secondary N) is 2. The Labute approximate surface area is 155 Å². The molecule has 0 spiro atoms. The molecular formula is C19H32N4OS. The Hall–Kier alpha value is -1.11. The number of guanidine groups is 1. The zero-order valence-electron chi connectivity index (χ0n) is 15.4. The lowest BCUT2D eigenvalue weighted by Gasteiger charge is -2.33. The minimum absolute atomic E-state index is 0.353. The van der Waals surface area contributed by atoms with E-state index in [1.807, 2.05) is 11.3 Å². The molecule has 1 aromatic heterocycles. The highest BCUT2D eigenvalue weighted by Gasteiger charge is 2.23. The number of thiophene rings is 1. The van der Waals surface area contributed by atoms with Crippen molar-refractivity contribution < 1.29 is 4.74 Å². The van der Waals surface area contributed by atoms with Gasteiger partial charge in [-0.15, -0.1) is 11.3 Å². The molecule has 0 bridgehead atoms. The number of nitrogens with zero attached hydrogens (tertiary/aromatic N) is 2. The predicted octanol–water partition coefficient (Wildman–Crippen LogP) is 3.01. The average Bonchev–Trinajstić information content (AvgIpc) is 3.18. The van der Waals surface area contributed by atoms with Crippen LogP contribution in [-0.4, -0.2) is 56.3 Å². The van der Waals surface area contributed by atoms with Crippen molar-refractivity contribution in [3.63, 3.8) is 0 Å². The number of hydrogen-bond donors (Lipinski definition) is 2. The van der Waals surface area contributed by atoms with E-state index in [4.69, 9.17) is 9.73 Å². The van der Waals surface area contributed by atoms with E-state index in [0.29, 0.717) is 12.1 Å². The van der Waals surface area contributed by atoms with Gasteiger partial charge in [0.2, 0.25) is 0 Å². The molecule has 6 heteroatoms. The van der Waals surface area contributed by atoms with Crippen molar-refractivity contribution in [3.8, 4) is 0 Å². The second kappa shape index (κ2) is 10.1. The maximum absolute atomic E-state index is 5.53. The van der Waals surface area contributed by atoms with Crippen molar-refractivity contribution in [3.05, 3.63) is 22.4 Å². The Bertz CT molecular complexity index is 508. The van der Waals surface area contributed by atoms with Crippen LogP contribution in [0.3, 0.4) is 0 Å². The van der Waals surface area contributed by atoms with Crippen LogP contribution in [-0.2, 0) is 4.74 Å². The number of ether oxygens (including phenoxy) is 1. The number of aliphatic imine (C=N–C) groups is 1. The molecule has 0 amide bonds. The van der Waals surface area contributed by atoms with Gasteiger partial charge in [-0.3, -0.25) is 9.89 Å². The molecule has 2 heterocycles. The van der Waals surface area contributed by atoms with E-state index in [2.05, 4.69) is 40.0 Å². The Kier molecular flexibility index (Phi) is 7.57. The van der Waals surface area contributed by atoms with E-state index >= 15 is 0 Å². The third-order valence-electron chi connectivity index (χ3n) is 5.07. The second-order valence-electron chi connectivity index (χ2n) is 6.88. The Morgan fingerprint density at radius 2 is 2.12 bits per heavy atom. The molecule has 1 aromatic rings. The Morgan fingerprint density at radius 3 is 2.80 bits per heavy atom. The van der Waals surface area contributed by atoms with Crippen LogP contribution in [0.15, 0.2) is 22.5 Å². The van der Waals surface area contributed by atoms with Crippen molar-refractivity contribution in [1.82, 2.24) is 15.5 Å². The van der Waals surface area contributed by atoms with Crippen molar-refractivity contribution in [2.75, 3.05) is 39.4 Å². The van der Waals surface area contributed by atoms with E-state index in [-0.39, 0.29) is 0 Å². The average molecular weight is 365 g/mol. The van der Waals surface area contributed by atoms with E-state index < -0.39 is 0 Å². The van der Waals surface area contributed by atoms with Gasteiger partial charge in [-0.25, -0.2) is 0 Å². The smallest absolute Gasteiger partial charge is 0.191 e. The van der Waals surface area contributed by atoms with Gasteiger partial charge in [0, 0.05) is 30.6 Å². The molecule has 1 saturated carbocycles. The van der Waals surface area contributed by atoms with Crippen molar-refractivity contribution in [2.24, 2.45) is 4.99 Å². The molecule has 25 heavy (non-hydrogen) atoms. The van der Waals surface area contributed by atoms with Crippen molar-refractivity contribution in [2.45, 2.75) is 51.1 Å². The second-order valence-corrected chi connectivity index (χ2v) is 7.86. The quantitative estimate of drug-likeness (QED) is 0.602. The number of morpholine rings is 1. The van der Waals surface area contributed by atoms with E-state index in [1.54, 1.807) is 0 Å². The highest BCUT2D eigenvalue weighted by molar-refractivity contribution is 7.10. The van der Waals surface area contributed by atoms with Gasteiger partial charge >= 0.3 is 0 Å². The summed E-state index contributed by atoms with van der Waals surface area (Å²) < 4.78 is 5.53. The van der Waals surface area contributed by atoms with Crippen LogP contribution in [0.1, 0.15) is 49.9 Å². The van der Waals surface area contributed by atoms with Crippen LogP contribution in [0, 0.1) is 0 Å². The number of rotatable bonds is 6. The lowest BCUT2D eigenvalue weighted by Crippen LogP contribution is -2.45. The minimum atomic E-state index is 0.353. The highest BCUT2D eigenvalue weighted by Crippen LogP contribution is 2.26. The van der Waals surface area contributed by atoms with Crippen LogP contribution in [0.4, 0.5) is 0 Å². The molecule has 5 nitrogen and oxygen atoms in total.